The molecule has 2 atom stereocenters. The summed E-state index contributed by atoms with van der Waals surface area (Å²) in [4.78, 5) is 6.97. The molecule has 1 saturated heterocycles. The summed E-state index contributed by atoms with van der Waals surface area (Å²) in [5.41, 5.74) is 0. The summed E-state index contributed by atoms with van der Waals surface area (Å²) >= 11 is 0. The molecule has 80 valence electrons. The first-order valence-corrected chi connectivity index (χ1v) is 5.86. The van der Waals surface area contributed by atoms with Crippen molar-refractivity contribution in [1.29, 1.82) is 0 Å². The molecule has 0 unspecified atom stereocenters. The highest BCUT2D eigenvalue weighted by Gasteiger charge is 2.27. The summed E-state index contributed by atoms with van der Waals surface area (Å²) in [5.74, 6) is 2.02. The molecule has 0 aliphatic carbocycles. The number of hydrogen-bond acceptors (Lipinski definition) is 3. The lowest BCUT2D eigenvalue weighted by Crippen LogP contribution is -2.49. The highest BCUT2D eigenvalue weighted by atomic mass is 15.3. The molecule has 0 aromatic rings. The second kappa shape index (κ2) is 4.20. The van der Waals surface area contributed by atoms with Gasteiger partial charge in [0, 0.05) is 19.1 Å². The minimum Gasteiger partial charge on any atom is -0.354 e. The molecule has 2 aliphatic rings. The third kappa shape index (κ3) is 1.86. The van der Waals surface area contributed by atoms with E-state index in [9.17, 15) is 0 Å². The molecular weight excluding hydrogens is 174 g/mol. The number of guanidine groups is 1. The van der Waals surface area contributed by atoms with E-state index < -0.39 is 0 Å². The van der Waals surface area contributed by atoms with Gasteiger partial charge in [0.2, 0.25) is 0 Å². The van der Waals surface area contributed by atoms with Crippen LogP contribution in [0, 0.1) is 5.92 Å². The first-order valence-electron chi connectivity index (χ1n) is 5.86. The van der Waals surface area contributed by atoms with Crippen LogP contribution in [0.5, 0.6) is 0 Å². The van der Waals surface area contributed by atoms with E-state index in [2.05, 4.69) is 29.1 Å². The van der Waals surface area contributed by atoms with Crippen molar-refractivity contribution < 1.29 is 0 Å². The maximum Gasteiger partial charge on any atom is 0.194 e. The highest BCUT2D eigenvalue weighted by Crippen LogP contribution is 2.24. The Morgan fingerprint density at radius 3 is 3.00 bits per heavy atom. The van der Waals surface area contributed by atoms with Crippen LogP contribution in [0.1, 0.15) is 33.1 Å². The lowest BCUT2D eigenvalue weighted by Gasteiger charge is -2.38. The molecular formula is C11H21N3. The van der Waals surface area contributed by atoms with Crippen LogP contribution in [0.25, 0.3) is 0 Å². The third-order valence-electron chi connectivity index (χ3n) is 3.49. The summed E-state index contributed by atoms with van der Waals surface area (Å²) in [7, 11) is 0. The van der Waals surface area contributed by atoms with Gasteiger partial charge in [-0.3, -0.25) is 4.99 Å². The molecule has 2 rings (SSSR count). The Bertz CT molecular complexity index is 225. The normalized spacial score (nSPS) is 32.7. The van der Waals surface area contributed by atoms with Crippen molar-refractivity contribution in [2.75, 3.05) is 19.6 Å². The molecule has 1 fully saturated rings. The Balaban J connectivity index is 2.00. The fraction of sp³-hybridized carbons (Fsp3) is 0.909. The van der Waals surface area contributed by atoms with Crippen LogP contribution in [0.15, 0.2) is 4.99 Å². The van der Waals surface area contributed by atoms with Gasteiger partial charge in [0.15, 0.2) is 5.96 Å². The Hall–Kier alpha value is -0.730. The first kappa shape index (κ1) is 9.81. The van der Waals surface area contributed by atoms with Crippen LogP contribution in [-0.2, 0) is 0 Å². The number of piperidine rings is 1. The summed E-state index contributed by atoms with van der Waals surface area (Å²) in [5, 5.41) is 3.38. The van der Waals surface area contributed by atoms with Gasteiger partial charge in [-0.15, -0.1) is 0 Å². The number of aliphatic imine (C=N–C) groups is 1. The molecule has 0 amide bonds. The molecule has 0 radical (unpaired) electrons. The lowest BCUT2D eigenvalue weighted by atomic mass is 9.92. The van der Waals surface area contributed by atoms with Crippen LogP contribution in [0.2, 0.25) is 0 Å². The minimum absolute atomic E-state index is 0.669. The smallest absolute Gasteiger partial charge is 0.194 e. The molecule has 0 aromatic heterocycles. The van der Waals surface area contributed by atoms with Gasteiger partial charge in [-0.05, 0) is 25.7 Å². The zero-order valence-electron chi connectivity index (χ0n) is 9.29. The average molecular weight is 195 g/mol. The zero-order chi connectivity index (χ0) is 9.97. The van der Waals surface area contributed by atoms with Gasteiger partial charge in [-0.2, -0.15) is 0 Å². The van der Waals surface area contributed by atoms with Crippen LogP contribution in [0.3, 0.4) is 0 Å². The quantitative estimate of drug-likeness (QED) is 0.686. The largest absolute Gasteiger partial charge is 0.354 e. The number of rotatable bonds is 1. The second-order valence-electron chi connectivity index (χ2n) is 4.49. The van der Waals surface area contributed by atoms with Gasteiger partial charge in [0.25, 0.3) is 0 Å². The zero-order valence-corrected chi connectivity index (χ0v) is 9.29. The van der Waals surface area contributed by atoms with E-state index in [4.69, 9.17) is 0 Å². The van der Waals surface area contributed by atoms with Crippen molar-refractivity contribution in [3.8, 4) is 0 Å². The summed E-state index contributed by atoms with van der Waals surface area (Å²) in [6.07, 6.45) is 4.01. The molecule has 0 aromatic carbocycles. The molecule has 14 heavy (non-hydrogen) atoms. The summed E-state index contributed by atoms with van der Waals surface area (Å²) < 4.78 is 0. The number of nitrogens with zero attached hydrogens (tertiary/aromatic N) is 2. The molecule has 0 bridgehead atoms. The van der Waals surface area contributed by atoms with Crippen molar-refractivity contribution >= 4 is 5.96 Å². The van der Waals surface area contributed by atoms with Gasteiger partial charge in [0.05, 0.1) is 6.54 Å². The predicted molar refractivity (Wildman–Crippen MR) is 59.5 cm³/mol. The maximum absolute atomic E-state index is 4.51. The van der Waals surface area contributed by atoms with E-state index in [0.29, 0.717) is 6.04 Å². The van der Waals surface area contributed by atoms with Crippen LogP contribution >= 0.6 is 0 Å². The number of hydrogen-bond donors (Lipinski definition) is 1. The third-order valence-corrected chi connectivity index (χ3v) is 3.49. The second-order valence-corrected chi connectivity index (χ2v) is 4.49. The molecule has 2 aliphatic heterocycles. The van der Waals surface area contributed by atoms with Crippen molar-refractivity contribution in [2.45, 2.75) is 39.2 Å². The highest BCUT2D eigenvalue weighted by molar-refractivity contribution is 5.81. The number of nitrogens with one attached hydrogen (secondary N) is 1. The molecule has 1 N–H and O–H groups in total. The molecule has 0 spiro atoms. The molecule has 2 heterocycles. The van der Waals surface area contributed by atoms with E-state index in [1.807, 2.05) is 0 Å². The van der Waals surface area contributed by atoms with Crippen molar-refractivity contribution in [3.05, 3.63) is 0 Å². The monoisotopic (exact) mass is 195 g/mol. The Labute approximate surface area is 86.6 Å². The van der Waals surface area contributed by atoms with Gasteiger partial charge < -0.3 is 10.2 Å². The van der Waals surface area contributed by atoms with Gasteiger partial charge >= 0.3 is 0 Å². The van der Waals surface area contributed by atoms with Crippen LogP contribution in [0.4, 0.5) is 0 Å². The van der Waals surface area contributed by atoms with Crippen LogP contribution in [-0.4, -0.2) is 36.5 Å². The molecule has 3 nitrogen and oxygen atoms in total. The van der Waals surface area contributed by atoms with E-state index in [1.165, 1.54) is 25.8 Å². The van der Waals surface area contributed by atoms with Gasteiger partial charge in [-0.1, -0.05) is 13.3 Å². The van der Waals surface area contributed by atoms with Crippen LogP contribution < -0.4 is 5.32 Å². The Morgan fingerprint density at radius 2 is 2.36 bits per heavy atom. The molecule has 0 saturated carbocycles. The Kier molecular flexibility index (Phi) is 2.94. The van der Waals surface area contributed by atoms with E-state index in [1.54, 1.807) is 0 Å². The fourth-order valence-electron chi connectivity index (χ4n) is 2.39. The lowest BCUT2D eigenvalue weighted by molar-refractivity contribution is 0.189. The summed E-state index contributed by atoms with van der Waals surface area (Å²) in [6, 6.07) is 0.669. The van der Waals surface area contributed by atoms with Gasteiger partial charge in [0.1, 0.15) is 0 Å². The fourth-order valence-corrected chi connectivity index (χ4v) is 2.39. The SMILES string of the molecule is CC[C@@H]1CC[C@H](C)N(C2=NCCN2)C1. The standard InChI is InChI=1S/C11H21N3/c1-3-10-5-4-9(2)14(8-10)11-12-6-7-13-11/h9-10H,3-8H2,1-2H3,(H,12,13)/t9-,10+/m0/s1. The van der Waals surface area contributed by atoms with Crippen molar-refractivity contribution in [1.82, 2.24) is 10.2 Å². The van der Waals surface area contributed by atoms with Crippen molar-refractivity contribution in [2.24, 2.45) is 10.9 Å². The Morgan fingerprint density at radius 1 is 1.50 bits per heavy atom. The first-order chi connectivity index (χ1) is 6.81. The predicted octanol–water partition coefficient (Wildman–Crippen LogP) is 1.46. The topological polar surface area (TPSA) is 27.6 Å². The number of likely N-dealkylation sites (tertiary alicyclic amines) is 1. The maximum atomic E-state index is 4.51. The minimum atomic E-state index is 0.669. The van der Waals surface area contributed by atoms with E-state index in [0.717, 1.165) is 25.0 Å². The summed E-state index contributed by atoms with van der Waals surface area (Å²) in [6.45, 7) is 7.78. The van der Waals surface area contributed by atoms with Gasteiger partial charge in [-0.25, -0.2) is 0 Å². The van der Waals surface area contributed by atoms with E-state index >= 15 is 0 Å². The van der Waals surface area contributed by atoms with Crippen molar-refractivity contribution in [3.63, 3.8) is 0 Å². The van der Waals surface area contributed by atoms with E-state index in [-0.39, 0.29) is 0 Å². The average Bonchev–Trinajstić information content (AvgIpc) is 2.71. The molecule has 3 heteroatoms.